The summed E-state index contributed by atoms with van der Waals surface area (Å²) in [5.41, 5.74) is 1.16. The van der Waals surface area contributed by atoms with Gasteiger partial charge in [0.1, 0.15) is 0 Å². The number of aliphatic hydroxyl groups excluding tert-OH is 1. The fourth-order valence-corrected chi connectivity index (χ4v) is 1.38. The topological polar surface area (TPSA) is 20.2 Å². The van der Waals surface area contributed by atoms with Crippen molar-refractivity contribution >= 4 is 11.6 Å². The minimum Gasteiger partial charge on any atom is -0.381 e. The SMILES string of the molecule is CC(C)c1ccc(C(O)C(F)(F)Cl)cc1. The third-order valence-electron chi connectivity index (χ3n) is 2.23. The molecule has 0 saturated heterocycles. The van der Waals surface area contributed by atoms with Crippen molar-refractivity contribution in [1.29, 1.82) is 0 Å². The highest BCUT2D eigenvalue weighted by Gasteiger charge is 2.36. The molecular weight excluding hydrogens is 222 g/mol. The zero-order valence-corrected chi connectivity index (χ0v) is 9.30. The van der Waals surface area contributed by atoms with Crippen LogP contribution in [0.25, 0.3) is 0 Å². The Morgan fingerprint density at radius 1 is 1.13 bits per heavy atom. The summed E-state index contributed by atoms with van der Waals surface area (Å²) in [4.78, 5) is 0. The summed E-state index contributed by atoms with van der Waals surface area (Å²) in [6.45, 7) is 4.00. The van der Waals surface area contributed by atoms with E-state index in [0.29, 0.717) is 5.92 Å². The molecule has 15 heavy (non-hydrogen) atoms. The fourth-order valence-electron chi connectivity index (χ4n) is 1.25. The molecule has 84 valence electrons. The molecule has 1 aromatic carbocycles. The molecule has 0 radical (unpaired) electrons. The van der Waals surface area contributed by atoms with Gasteiger partial charge in [0.25, 0.3) is 0 Å². The Balaban J connectivity index is 2.89. The Labute approximate surface area is 92.7 Å². The number of aliphatic hydroxyl groups is 1. The summed E-state index contributed by atoms with van der Waals surface area (Å²) >= 11 is 4.74. The quantitative estimate of drug-likeness (QED) is 0.791. The molecule has 0 aromatic heterocycles. The first-order valence-electron chi connectivity index (χ1n) is 4.67. The summed E-state index contributed by atoms with van der Waals surface area (Å²) in [5.74, 6) is 0.327. The van der Waals surface area contributed by atoms with E-state index in [1.54, 1.807) is 12.1 Å². The van der Waals surface area contributed by atoms with Crippen LogP contribution in [-0.4, -0.2) is 10.5 Å². The van der Waals surface area contributed by atoms with Gasteiger partial charge in [0.15, 0.2) is 6.10 Å². The van der Waals surface area contributed by atoms with Crippen molar-refractivity contribution in [3.05, 3.63) is 35.4 Å². The van der Waals surface area contributed by atoms with Gasteiger partial charge < -0.3 is 5.11 Å². The number of alkyl halides is 3. The molecule has 1 nitrogen and oxygen atoms in total. The highest BCUT2D eigenvalue weighted by atomic mass is 35.5. The molecule has 0 heterocycles. The smallest absolute Gasteiger partial charge is 0.351 e. The van der Waals surface area contributed by atoms with Gasteiger partial charge >= 0.3 is 5.38 Å². The second-order valence-electron chi connectivity index (χ2n) is 3.77. The van der Waals surface area contributed by atoms with Gasteiger partial charge in [-0.1, -0.05) is 38.1 Å². The maximum Gasteiger partial charge on any atom is 0.351 e. The Kier molecular flexibility index (Phi) is 3.68. The molecule has 0 spiro atoms. The highest BCUT2D eigenvalue weighted by molar-refractivity contribution is 6.22. The van der Waals surface area contributed by atoms with Crippen LogP contribution in [0.2, 0.25) is 0 Å². The van der Waals surface area contributed by atoms with E-state index >= 15 is 0 Å². The van der Waals surface area contributed by atoms with Gasteiger partial charge in [-0.05, 0) is 28.6 Å². The lowest BCUT2D eigenvalue weighted by Crippen LogP contribution is -2.18. The molecule has 0 bridgehead atoms. The van der Waals surface area contributed by atoms with E-state index in [2.05, 4.69) is 0 Å². The molecule has 0 aliphatic carbocycles. The molecule has 0 aliphatic rings. The van der Waals surface area contributed by atoms with E-state index in [0.717, 1.165) is 5.56 Å². The predicted octanol–water partition coefficient (Wildman–Crippen LogP) is 3.68. The minimum atomic E-state index is -3.63. The Morgan fingerprint density at radius 2 is 1.53 bits per heavy atom. The summed E-state index contributed by atoms with van der Waals surface area (Å²) in [6, 6.07) is 6.37. The van der Waals surface area contributed by atoms with Gasteiger partial charge in [0.05, 0.1) is 0 Å². The Hall–Kier alpha value is -0.670. The molecule has 0 saturated carbocycles. The minimum absolute atomic E-state index is 0.124. The van der Waals surface area contributed by atoms with Crippen molar-refractivity contribution < 1.29 is 13.9 Å². The molecule has 1 rings (SSSR count). The first kappa shape index (κ1) is 12.4. The van der Waals surface area contributed by atoms with E-state index in [9.17, 15) is 13.9 Å². The Morgan fingerprint density at radius 3 is 1.87 bits per heavy atom. The van der Waals surface area contributed by atoms with Gasteiger partial charge in [-0.3, -0.25) is 0 Å². The fraction of sp³-hybridized carbons (Fsp3) is 0.455. The first-order valence-corrected chi connectivity index (χ1v) is 5.05. The van der Waals surface area contributed by atoms with Crippen LogP contribution < -0.4 is 0 Å². The zero-order valence-electron chi connectivity index (χ0n) is 8.55. The summed E-state index contributed by atoms with van der Waals surface area (Å²) in [6.07, 6.45) is -1.96. The van der Waals surface area contributed by atoms with Gasteiger partial charge in [0, 0.05) is 0 Å². The number of halogens is 3. The molecule has 0 aliphatic heterocycles. The number of hydrogen-bond donors (Lipinski definition) is 1. The summed E-state index contributed by atoms with van der Waals surface area (Å²) in [5, 5.41) is 5.58. The van der Waals surface area contributed by atoms with E-state index in [1.165, 1.54) is 12.1 Å². The van der Waals surface area contributed by atoms with Crippen molar-refractivity contribution in [3.8, 4) is 0 Å². The Bertz CT molecular complexity index is 316. The maximum atomic E-state index is 12.6. The monoisotopic (exact) mass is 234 g/mol. The van der Waals surface area contributed by atoms with Crippen molar-refractivity contribution in [2.45, 2.75) is 31.3 Å². The van der Waals surface area contributed by atoms with E-state index in [-0.39, 0.29) is 5.56 Å². The van der Waals surface area contributed by atoms with Crippen LogP contribution >= 0.6 is 11.6 Å². The average Bonchev–Trinajstić information content (AvgIpc) is 2.15. The van der Waals surface area contributed by atoms with Crippen LogP contribution in [0.1, 0.15) is 37.0 Å². The van der Waals surface area contributed by atoms with Gasteiger partial charge in [-0.15, -0.1) is 0 Å². The van der Waals surface area contributed by atoms with Crippen LogP contribution in [0.15, 0.2) is 24.3 Å². The van der Waals surface area contributed by atoms with Crippen LogP contribution in [0.4, 0.5) is 8.78 Å². The number of benzene rings is 1. The lowest BCUT2D eigenvalue weighted by Gasteiger charge is -2.16. The van der Waals surface area contributed by atoms with E-state index in [1.807, 2.05) is 13.8 Å². The van der Waals surface area contributed by atoms with Crippen LogP contribution in [0.3, 0.4) is 0 Å². The lowest BCUT2D eigenvalue weighted by molar-refractivity contribution is -0.0424. The molecule has 1 aromatic rings. The predicted molar refractivity (Wildman–Crippen MR) is 56.3 cm³/mol. The molecule has 4 heteroatoms. The highest BCUT2D eigenvalue weighted by Crippen LogP contribution is 2.35. The zero-order chi connectivity index (χ0) is 11.6. The summed E-state index contributed by atoms with van der Waals surface area (Å²) < 4.78 is 25.2. The standard InChI is InChI=1S/C11H13ClF2O/c1-7(2)8-3-5-9(6-4-8)10(15)11(12,13)14/h3-7,10,15H,1-2H3. The van der Waals surface area contributed by atoms with Crippen LogP contribution in [0, 0.1) is 0 Å². The molecular formula is C11H13ClF2O. The molecule has 1 N–H and O–H groups in total. The number of rotatable bonds is 3. The number of hydrogen-bond acceptors (Lipinski definition) is 1. The summed E-state index contributed by atoms with van der Waals surface area (Å²) in [7, 11) is 0. The van der Waals surface area contributed by atoms with Crippen molar-refractivity contribution in [3.63, 3.8) is 0 Å². The first-order chi connectivity index (χ1) is 6.82. The third kappa shape index (κ3) is 3.14. The normalized spacial score (nSPS) is 14.3. The van der Waals surface area contributed by atoms with Crippen LogP contribution in [0.5, 0.6) is 0 Å². The average molecular weight is 235 g/mol. The maximum absolute atomic E-state index is 12.6. The second kappa shape index (κ2) is 4.45. The van der Waals surface area contributed by atoms with Crippen molar-refractivity contribution in [2.75, 3.05) is 0 Å². The van der Waals surface area contributed by atoms with Crippen molar-refractivity contribution in [1.82, 2.24) is 0 Å². The van der Waals surface area contributed by atoms with Crippen molar-refractivity contribution in [2.24, 2.45) is 0 Å². The van der Waals surface area contributed by atoms with Gasteiger partial charge in [-0.25, -0.2) is 0 Å². The lowest BCUT2D eigenvalue weighted by atomic mass is 10.00. The molecule has 1 atom stereocenters. The van der Waals surface area contributed by atoms with Crippen LogP contribution in [-0.2, 0) is 0 Å². The second-order valence-corrected chi connectivity index (χ2v) is 4.27. The van der Waals surface area contributed by atoms with Gasteiger partial charge in [-0.2, -0.15) is 8.78 Å². The third-order valence-corrected chi connectivity index (χ3v) is 2.44. The van der Waals surface area contributed by atoms with E-state index in [4.69, 9.17) is 11.6 Å². The van der Waals surface area contributed by atoms with Gasteiger partial charge in [0.2, 0.25) is 0 Å². The molecule has 0 fully saturated rings. The van der Waals surface area contributed by atoms with E-state index < -0.39 is 11.5 Å². The molecule has 1 unspecified atom stereocenters. The molecule has 0 amide bonds. The largest absolute Gasteiger partial charge is 0.381 e.